The van der Waals surface area contributed by atoms with Crippen molar-refractivity contribution < 1.29 is 33.8 Å². The standard InChI is InChI=1S/C37H37ClN4O7S/c38-26-13-8-24(9-14-26)19-30-35(45)40-29(17-12-23-5-2-1-3-6-23)34(44)42-32(37(47)48)20-25-10-15-27(16-11-25)49-22-33(43)39-31(36(46)41-30)21-28-7-4-18-50-28/h1-11,13-16,18,29-32H,12,17,19-22H2,(H,39,43)(H,40,45)(H,41,46)(H,42,44)(H,47,48)/t29-,30+,31-,32-/m0/s1. The highest BCUT2D eigenvalue weighted by atomic mass is 35.5. The van der Waals surface area contributed by atoms with Crippen LogP contribution >= 0.6 is 22.9 Å². The summed E-state index contributed by atoms with van der Waals surface area (Å²) < 4.78 is 5.65. The van der Waals surface area contributed by atoms with Crippen molar-refractivity contribution in [3.05, 3.63) is 123 Å². The van der Waals surface area contributed by atoms with Crippen molar-refractivity contribution in [1.29, 1.82) is 0 Å². The van der Waals surface area contributed by atoms with Crippen LogP contribution in [0.25, 0.3) is 0 Å². The third kappa shape index (κ3) is 10.6. The van der Waals surface area contributed by atoms with E-state index in [9.17, 15) is 29.1 Å². The zero-order chi connectivity index (χ0) is 35.5. The van der Waals surface area contributed by atoms with E-state index in [0.29, 0.717) is 28.3 Å². The molecule has 0 saturated heterocycles. The van der Waals surface area contributed by atoms with E-state index in [0.717, 1.165) is 10.4 Å². The van der Waals surface area contributed by atoms with Crippen molar-refractivity contribution in [3.8, 4) is 5.75 Å². The van der Waals surface area contributed by atoms with Gasteiger partial charge >= 0.3 is 5.97 Å². The number of aryl methyl sites for hydroxylation is 1. The minimum Gasteiger partial charge on any atom is -0.484 e. The topological polar surface area (TPSA) is 163 Å². The van der Waals surface area contributed by atoms with E-state index in [2.05, 4.69) is 21.3 Å². The van der Waals surface area contributed by atoms with Crippen LogP contribution in [0.1, 0.15) is 28.0 Å². The highest BCUT2D eigenvalue weighted by Gasteiger charge is 2.32. The van der Waals surface area contributed by atoms with Gasteiger partial charge < -0.3 is 31.1 Å². The van der Waals surface area contributed by atoms with Crippen molar-refractivity contribution in [2.45, 2.75) is 56.3 Å². The average molecular weight is 717 g/mol. The Morgan fingerprint density at radius 3 is 2.06 bits per heavy atom. The summed E-state index contributed by atoms with van der Waals surface area (Å²) in [6.45, 7) is -0.390. The number of carbonyl (C=O) groups is 5. The Kier molecular flexibility index (Phi) is 12.6. The molecule has 6 rings (SSSR count). The summed E-state index contributed by atoms with van der Waals surface area (Å²) in [4.78, 5) is 67.9. The summed E-state index contributed by atoms with van der Waals surface area (Å²) >= 11 is 7.52. The van der Waals surface area contributed by atoms with Gasteiger partial charge in [0, 0.05) is 29.2 Å². The Hall–Kier alpha value is -5.20. The fourth-order valence-electron chi connectivity index (χ4n) is 5.49. The minimum atomic E-state index is -1.30. The van der Waals surface area contributed by atoms with Gasteiger partial charge in [0.1, 0.15) is 29.9 Å². The predicted molar refractivity (Wildman–Crippen MR) is 189 cm³/mol. The smallest absolute Gasteiger partial charge is 0.326 e. The number of benzene rings is 3. The third-order valence-corrected chi connectivity index (χ3v) is 9.32. The summed E-state index contributed by atoms with van der Waals surface area (Å²) in [7, 11) is 0. The predicted octanol–water partition coefficient (Wildman–Crippen LogP) is 3.48. The zero-order valence-electron chi connectivity index (χ0n) is 27.0. The molecule has 0 spiro atoms. The molecule has 2 aliphatic rings. The Balaban J connectivity index is 1.48. The second-order valence-corrected chi connectivity index (χ2v) is 13.4. The van der Waals surface area contributed by atoms with Gasteiger partial charge in [-0.15, -0.1) is 11.3 Å². The van der Waals surface area contributed by atoms with Gasteiger partial charge in [-0.2, -0.15) is 0 Å². The van der Waals surface area contributed by atoms with Crippen LogP contribution < -0.4 is 26.0 Å². The first-order valence-electron chi connectivity index (χ1n) is 16.1. The number of carboxylic acid groups (broad SMARTS) is 1. The summed E-state index contributed by atoms with van der Waals surface area (Å²) in [5, 5.41) is 23.3. The maximum Gasteiger partial charge on any atom is 0.326 e. The minimum absolute atomic E-state index is 0.0380. The van der Waals surface area contributed by atoms with Crippen LogP contribution in [0, 0.1) is 0 Å². The van der Waals surface area contributed by atoms with Crippen LogP contribution in [0.4, 0.5) is 0 Å². The molecule has 260 valence electrons. The number of rotatable bonds is 8. The lowest BCUT2D eigenvalue weighted by molar-refractivity contribution is -0.142. The Morgan fingerprint density at radius 2 is 1.40 bits per heavy atom. The Morgan fingerprint density at radius 1 is 0.740 bits per heavy atom. The highest BCUT2D eigenvalue weighted by molar-refractivity contribution is 7.09. The number of fused-ring (bicyclic) bond motifs is 16. The average Bonchev–Trinajstić information content (AvgIpc) is 3.63. The zero-order valence-corrected chi connectivity index (χ0v) is 28.5. The maximum atomic E-state index is 14.1. The molecule has 4 amide bonds. The lowest BCUT2D eigenvalue weighted by Gasteiger charge is -2.26. The van der Waals surface area contributed by atoms with Crippen LogP contribution in [-0.4, -0.2) is 65.5 Å². The van der Waals surface area contributed by atoms with E-state index in [4.69, 9.17) is 16.3 Å². The molecule has 3 heterocycles. The molecule has 0 unspecified atom stereocenters. The normalized spacial score (nSPS) is 20.6. The van der Waals surface area contributed by atoms with Crippen molar-refractivity contribution in [3.63, 3.8) is 0 Å². The summed E-state index contributed by atoms with van der Waals surface area (Å²) in [5.41, 5.74) is 2.20. The number of ether oxygens (including phenoxy) is 1. The van der Waals surface area contributed by atoms with Crippen molar-refractivity contribution in [2.75, 3.05) is 6.61 Å². The van der Waals surface area contributed by atoms with Crippen LogP contribution in [0.3, 0.4) is 0 Å². The van der Waals surface area contributed by atoms with Crippen LogP contribution in [0.2, 0.25) is 5.02 Å². The second-order valence-electron chi connectivity index (χ2n) is 11.9. The van der Waals surface area contributed by atoms with Gasteiger partial charge in [0.15, 0.2) is 6.61 Å². The molecule has 2 bridgehead atoms. The van der Waals surface area contributed by atoms with Gasteiger partial charge in [-0.1, -0.05) is 72.3 Å². The number of nitrogens with one attached hydrogen (secondary N) is 4. The molecule has 0 fully saturated rings. The van der Waals surface area contributed by atoms with Gasteiger partial charge in [-0.3, -0.25) is 19.2 Å². The molecule has 50 heavy (non-hydrogen) atoms. The largest absolute Gasteiger partial charge is 0.484 e. The first kappa shape index (κ1) is 36.1. The molecule has 2 aliphatic heterocycles. The molecule has 1 aromatic heterocycles. The summed E-state index contributed by atoms with van der Waals surface area (Å²) in [5.74, 6) is -3.40. The molecular formula is C37H37ClN4O7S. The molecule has 4 aromatic rings. The van der Waals surface area contributed by atoms with Crippen molar-refractivity contribution in [2.24, 2.45) is 0 Å². The number of carbonyl (C=O) groups excluding carboxylic acids is 4. The molecule has 5 N–H and O–H groups in total. The third-order valence-electron chi connectivity index (χ3n) is 8.17. The number of carboxylic acids is 1. The fraction of sp³-hybridized carbons (Fsp3) is 0.270. The van der Waals surface area contributed by atoms with Crippen molar-refractivity contribution >= 4 is 52.5 Å². The monoisotopic (exact) mass is 716 g/mol. The van der Waals surface area contributed by atoms with Crippen molar-refractivity contribution in [1.82, 2.24) is 21.3 Å². The van der Waals surface area contributed by atoms with Crippen LogP contribution in [0.15, 0.2) is 96.4 Å². The summed E-state index contributed by atoms with van der Waals surface area (Å²) in [6.07, 6.45) is 0.717. The SMILES string of the molecule is O=C1COc2ccc(cc2)C[C@@H](C(=O)O)NC(=O)[C@H](CCc2ccccc2)NC(=O)[C@@H](Cc2ccc(Cl)cc2)NC(=O)[C@H](Cc2cccs2)N1. The second kappa shape index (κ2) is 17.5. The van der Waals surface area contributed by atoms with Gasteiger partial charge in [-0.05, 0) is 65.2 Å². The summed E-state index contributed by atoms with van der Waals surface area (Å²) in [6, 6.07) is 21.6. The molecule has 3 aromatic carbocycles. The molecular weight excluding hydrogens is 680 g/mol. The van der Waals surface area contributed by atoms with E-state index in [1.807, 2.05) is 47.8 Å². The molecule has 13 heteroatoms. The first-order valence-corrected chi connectivity index (χ1v) is 17.3. The lowest BCUT2D eigenvalue weighted by atomic mass is 10.0. The first-order chi connectivity index (χ1) is 24.1. The molecule has 0 saturated carbocycles. The Bertz CT molecular complexity index is 1770. The van der Waals surface area contributed by atoms with Gasteiger partial charge in [0.05, 0.1) is 0 Å². The number of halogens is 1. The van der Waals surface area contributed by atoms with Gasteiger partial charge in [0.2, 0.25) is 17.7 Å². The lowest BCUT2D eigenvalue weighted by Crippen LogP contribution is -2.58. The number of thiophene rings is 1. The molecule has 11 nitrogen and oxygen atoms in total. The van der Waals surface area contributed by atoms with E-state index < -0.39 is 53.8 Å². The molecule has 4 atom stereocenters. The number of aliphatic carboxylic acids is 1. The van der Waals surface area contributed by atoms with Gasteiger partial charge in [0.25, 0.3) is 5.91 Å². The van der Waals surface area contributed by atoms with E-state index in [-0.39, 0.29) is 32.3 Å². The molecule has 0 radical (unpaired) electrons. The molecule has 0 aliphatic carbocycles. The Labute approximate surface area is 298 Å². The maximum absolute atomic E-state index is 14.1. The fourth-order valence-corrected chi connectivity index (χ4v) is 6.37. The number of hydrogen-bond acceptors (Lipinski definition) is 7. The highest BCUT2D eigenvalue weighted by Crippen LogP contribution is 2.17. The van der Waals surface area contributed by atoms with E-state index in [1.165, 1.54) is 11.3 Å². The van der Waals surface area contributed by atoms with E-state index in [1.54, 1.807) is 48.5 Å². The number of hydrogen-bond donors (Lipinski definition) is 5. The van der Waals surface area contributed by atoms with E-state index >= 15 is 0 Å². The van der Waals surface area contributed by atoms with Crippen LogP contribution in [-0.2, 0) is 49.7 Å². The quantitative estimate of drug-likeness (QED) is 0.174. The number of amides is 4. The van der Waals surface area contributed by atoms with Gasteiger partial charge in [-0.25, -0.2) is 4.79 Å². The van der Waals surface area contributed by atoms with Crippen LogP contribution in [0.5, 0.6) is 5.75 Å².